The molecule has 0 saturated carbocycles. The Balaban J connectivity index is 2.17. The van der Waals surface area contributed by atoms with Crippen LogP contribution in [-0.2, 0) is 19.1 Å². The van der Waals surface area contributed by atoms with E-state index >= 15 is 0 Å². The molecule has 1 aliphatic heterocycles. The number of hydrogen-bond acceptors (Lipinski definition) is 7. The molecule has 1 aromatic rings. The number of carbonyl (C=O) groups excluding carboxylic acids is 2. The van der Waals surface area contributed by atoms with E-state index in [1.54, 1.807) is 12.1 Å². The summed E-state index contributed by atoms with van der Waals surface area (Å²) in [5, 5.41) is 13.6. The van der Waals surface area contributed by atoms with Crippen molar-refractivity contribution in [1.29, 1.82) is 0 Å². The summed E-state index contributed by atoms with van der Waals surface area (Å²) in [4.78, 5) is 26.4. The maximum Gasteiger partial charge on any atom is 0.336 e. The zero-order valence-corrected chi connectivity index (χ0v) is 20.0. The first kappa shape index (κ1) is 23.3. The second kappa shape index (κ2) is 9.04. The summed E-state index contributed by atoms with van der Waals surface area (Å²) in [6.07, 6.45) is 1.07. The molecule has 1 unspecified atom stereocenters. The Hall–Kier alpha value is -2.32. The molecule has 0 spiro atoms. The minimum Gasteiger partial charge on any atom is -0.503 e. The zero-order valence-electron chi connectivity index (χ0n) is 18.4. The molecule has 8 heteroatoms. The number of benzene rings is 1. The molecular formula is C23H28BrNO6. The third-order valence-electron chi connectivity index (χ3n) is 5.58. The van der Waals surface area contributed by atoms with Gasteiger partial charge in [-0.15, -0.1) is 0 Å². The van der Waals surface area contributed by atoms with Gasteiger partial charge >= 0.3 is 5.97 Å². The minimum atomic E-state index is -0.638. The molecule has 1 heterocycles. The number of esters is 1. The van der Waals surface area contributed by atoms with E-state index in [9.17, 15) is 14.7 Å². The highest BCUT2D eigenvalue weighted by Crippen LogP contribution is 2.48. The summed E-state index contributed by atoms with van der Waals surface area (Å²) in [6.45, 7) is 6.30. The second-order valence-electron chi connectivity index (χ2n) is 8.61. The summed E-state index contributed by atoms with van der Waals surface area (Å²) >= 11 is 3.35. The highest BCUT2D eigenvalue weighted by atomic mass is 79.9. The van der Waals surface area contributed by atoms with Gasteiger partial charge in [0.05, 0.1) is 23.8 Å². The number of hydrogen-bond donors (Lipinski definition) is 2. The van der Waals surface area contributed by atoms with Crippen LogP contribution in [0.5, 0.6) is 11.5 Å². The number of ketones is 1. The largest absolute Gasteiger partial charge is 0.503 e. The number of ether oxygens (including phenoxy) is 3. The molecule has 7 nitrogen and oxygen atoms in total. The number of allylic oxidation sites excluding steroid dienone is 3. The van der Waals surface area contributed by atoms with E-state index in [-0.39, 0.29) is 35.9 Å². The molecule has 31 heavy (non-hydrogen) atoms. The van der Waals surface area contributed by atoms with Crippen molar-refractivity contribution in [1.82, 2.24) is 5.32 Å². The molecule has 1 aromatic carbocycles. The smallest absolute Gasteiger partial charge is 0.336 e. The number of phenolic OH excluding ortho intramolecular Hbond substituents is 1. The Morgan fingerprint density at radius 2 is 1.97 bits per heavy atom. The van der Waals surface area contributed by atoms with E-state index in [0.717, 1.165) is 5.70 Å². The van der Waals surface area contributed by atoms with Crippen LogP contribution in [0.1, 0.15) is 45.1 Å². The van der Waals surface area contributed by atoms with Gasteiger partial charge in [-0.05, 0) is 52.4 Å². The lowest BCUT2D eigenvalue weighted by Gasteiger charge is -2.39. The van der Waals surface area contributed by atoms with Crippen LogP contribution in [0.4, 0.5) is 0 Å². The molecule has 2 N–H and O–H groups in total. The maximum absolute atomic E-state index is 13.3. The lowest BCUT2D eigenvalue weighted by Crippen LogP contribution is -2.38. The van der Waals surface area contributed by atoms with Gasteiger partial charge in [-0.2, -0.15) is 0 Å². The maximum atomic E-state index is 13.3. The van der Waals surface area contributed by atoms with Gasteiger partial charge in [0.25, 0.3) is 0 Å². The van der Waals surface area contributed by atoms with Gasteiger partial charge in [0.15, 0.2) is 17.3 Å². The highest BCUT2D eigenvalue weighted by Gasteiger charge is 2.43. The van der Waals surface area contributed by atoms with Gasteiger partial charge in [0, 0.05) is 36.4 Å². The average Bonchev–Trinajstić information content (AvgIpc) is 2.68. The van der Waals surface area contributed by atoms with E-state index < -0.39 is 11.9 Å². The third-order valence-corrected chi connectivity index (χ3v) is 6.19. The fourth-order valence-corrected chi connectivity index (χ4v) is 4.71. The number of aromatic hydroxyl groups is 1. The number of rotatable bonds is 6. The molecule has 2 aliphatic rings. The Labute approximate surface area is 190 Å². The fraction of sp³-hybridized carbons (Fsp3) is 0.478. The molecule has 168 valence electrons. The van der Waals surface area contributed by atoms with Crippen molar-refractivity contribution in [2.75, 3.05) is 27.4 Å². The highest BCUT2D eigenvalue weighted by molar-refractivity contribution is 9.10. The average molecular weight is 494 g/mol. The lowest BCUT2D eigenvalue weighted by atomic mass is 9.68. The number of Topliss-reactive ketones (excluding diaryl/α,β-unsaturated/α-hetero) is 1. The first-order valence-electron chi connectivity index (χ1n) is 10.1. The van der Waals surface area contributed by atoms with E-state index in [0.29, 0.717) is 39.7 Å². The van der Waals surface area contributed by atoms with Crippen LogP contribution < -0.4 is 10.1 Å². The number of carbonyl (C=O) groups is 2. The second-order valence-corrected chi connectivity index (χ2v) is 9.47. The van der Waals surface area contributed by atoms with E-state index in [4.69, 9.17) is 14.2 Å². The van der Waals surface area contributed by atoms with Gasteiger partial charge in [-0.3, -0.25) is 4.79 Å². The van der Waals surface area contributed by atoms with Gasteiger partial charge in [0.2, 0.25) is 0 Å². The molecule has 0 bridgehead atoms. The standard InChI is InChI=1S/C23H28BrNO6/c1-12-18(22(28)31-7-6-29-4)19(13-8-14(24)21(27)17(9-13)30-5)20-15(25-12)10-23(2,3)11-16(20)26/h8-9,19,25,27H,6-7,10-11H2,1-5H3. The van der Waals surface area contributed by atoms with E-state index in [1.807, 2.05) is 6.92 Å². The Kier molecular flexibility index (Phi) is 6.81. The van der Waals surface area contributed by atoms with Crippen LogP contribution in [0, 0.1) is 5.41 Å². The normalized spacial score (nSPS) is 20.3. The van der Waals surface area contributed by atoms with Gasteiger partial charge in [-0.25, -0.2) is 4.79 Å². The molecule has 0 radical (unpaired) electrons. The van der Waals surface area contributed by atoms with Crippen LogP contribution in [0.3, 0.4) is 0 Å². The summed E-state index contributed by atoms with van der Waals surface area (Å²) < 4.78 is 16.1. The van der Waals surface area contributed by atoms with Gasteiger partial charge in [-0.1, -0.05) is 13.8 Å². The topological polar surface area (TPSA) is 94.1 Å². The Bertz CT molecular complexity index is 979. The quantitative estimate of drug-likeness (QED) is 0.457. The fourth-order valence-electron chi connectivity index (χ4n) is 4.25. The first-order valence-corrected chi connectivity index (χ1v) is 10.9. The number of nitrogens with one attached hydrogen (secondary N) is 1. The first-order chi connectivity index (χ1) is 14.6. The third kappa shape index (κ3) is 4.65. The zero-order chi connectivity index (χ0) is 22.9. The van der Waals surface area contributed by atoms with Crippen LogP contribution in [0.2, 0.25) is 0 Å². The molecule has 0 amide bonds. The summed E-state index contributed by atoms with van der Waals surface area (Å²) in [5.41, 5.74) is 2.85. The van der Waals surface area contributed by atoms with Crippen molar-refractivity contribution < 1.29 is 28.9 Å². The summed E-state index contributed by atoms with van der Waals surface area (Å²) in [6, 6.07) is 3.37. The minimum absolute atomic E-state index is 0.0124. The van der Waals surface area contributed by atoms with Crippen molar-refractivity contribution in [3.8, 4) is 11.5 Å². The molecule has 0 fully saturated rings. The predicted octanol–water partition coefficient (Wildman–Crippen LogP) is 3.96. The molecule has 1 atom stereocenters. The molecule has 0 saturated heterocycles. The van der Waals surface area contributed by atoms with Crippen LogP contribution in [0.25, 0.3) is 0 Å². The number of methoxy groups -OCH3 is 2. The lowest BCUT2D eigenvalue weighted by molar-refractivity contribution is -0.140. The summed E-state index contributed by atoms with van der Waals surface area (Å²) in [5.74, 6) is -0.962. The number of halogens is 1. The molecule has 3 rings (SSSR count). The number of phenols is 1. The van der Waals surface area contributed by atoms with Gasteiger partial charge in [0.1, 0.15) is 6.61 Å². The van der Waals surface area contributed by atoms with Crippen LogP contribution >= 0.6 is 15.9 Å². The Morgan fingerprint density at radius 3 is 2.61 bits per heavy atom. The molecular weight excluding hydrogens is 466 g/mol. The predicted molar refractivity (Wildman–Crippen MR) is 119 cm³/mol. The Morgan fingerprint density at radius 1 is 1.26 bits per heavy atom. The van der Waals surface area contributed by atoms with Crippen molar-refractivity contribution in [3.05, 3.63) is 44.7 Å². The van der Waals surface area contributed by atoms with E-state index in [2.05, 4.69) is 35.1 Å². The van der Waals surface area contributed by atoms with Gasteiger partial charge < -0.3 is 24.6 Å². The van der Waals surface area contributed by atoms with Crippen molar-refractivity contribution in [2.45, 2.75) is 39.5 Å². The molecule has 1 aliphatic carbocycles. The SMILES string of the molecule is COCCOC(=O)C1=C(C)NC2=C(C(=O)CC(C)(C)C2)C1c1cc(Br)c(O)c(OC)c1. The van der Waals surface area contributed by atoms with Crippen molar-refractivity contribution in [3.63, 3.8) is 0 Å². The number of dihydropyridines is 1. The molecule has 0 aromatic heterocycles. The van der Waals surface area contributed by atoms with Crippen molar-refractivity contribution in [2.24, 2.45) is 5.41 Å². The van der Waals surface area contributed by atoms with E-state index in [1.165, 1.54) is 14.2 Å². The van der Waals surface area contributed by atoms with Crippen LogP contribution in [0.15, 0.2) is 39.1 Å². The van der Waals surface area contributed by atoms with Crippen LogP contribution in [-0.4, -0.2) is 44.3 Å². The summed E-state index contributed by atoms with van der Waals surface area (Å²) in [7, 11) is 2.98. The van der Waals surface area contributed by atoms with Crippen molar-refractivity contribution >= 4 is 27.7 Å². The monoisotopic (exact) mass is 493 g/mol.